The summed E-state index contributed by atoms with van der Waals surface area (Å²) in [5, 5.41) is 0. The molecule has 0 aromatic carbocycles. The van der Waals surface area contributed by atoms with E-state index in [4.69, 9.17) is 23.2 Å². The fraction of sp³-hybridized carbons (Fsp3) is 0.846. The molecule has 15 heteroatoms. The molecule has 13 nitrogen and oxygen atoms in total. The van der Waals surface area contributed by atoms with E-state index in [1.807, 2.05) is 5.48 Å². The van der Waals surface area contributed by atoms with Gasteiger partial charge in [0.15, 0.2) is 18.5 Å². The Bertz CT molecular complexity index is 764. The molecule has 1 aliphatic rings. The second kappa shape index (κ2) is 9.91. The van der Waals surface area contributed by atoms with Gasteiger partial charge in [0.2, 0.25) is 5.91 Å². The monoisotopic (exact) mass is 449 g/mol. The number of amides is 1. The zero-order chi connectivity index (χ0) is 21.7. The fourth-order valence-electron chi connectivity index (χ4n) is 2.31. The van der Waals surface area contributed by atoms with E-state index < -0.39 is 69.4 Å². The van der Waals surface area contributed by atoms with Gasteiger partial charge < -0.3 is 14.2 Å². The van der Waals surface area contributed by atoms with Gasteiger partial charge in [-0.1, -0.05) is 0 Å². The molecule has 1 saturated heterocycles. The van der Waals surface area contributed by atoms with Gasteiger partial charge in [0.25, 0.3) is 20.2 Å². The lowest BCUT2D eigenvalue weighted by Crippen LogP contribution is -2.63. The van der Waals surface area contributed by atoms with Crippen LogP contribution in [0.4, 0.5) is 0 Å². The molecular formula is C13H23NO12S2. The third-order valence-corrected chi connectivity index (χ3v) is 4.33. The lowest BCUT2D eigenvalue weighted by molar-refractivity contribution is -0.308. The Kier molecular flexibility index (Phi) is 8.73. The highest BCUT2D eigenvalue weighted by Crippen LogP contribution is 2.29. The highest BCUT2D eigenvalue weighted by atomic mass is 32.2. The van der Waals surface area contributed by atoms with E-state index in [9.17, 15) is 26.4 Å². The van der Waals surface area contributed by atoms with Crippen molar-refractivity contribution in [1.29, 1.82) is 0 Å². The van der Waals surface area contributed by atoms with E-state index in [2.05, 4.69) is 4.18 Å². The molecule has 164 valence electrons. The number of hydrogen-bond acceptors (Lipinski definition) is 12. The molecule has 1 aliphatic heterocycles. The van der Waals surface area contributed by atoms with Crippen LogP contribution in [0.1, 0.15) is 13.8 Å². The van der Waals surface area contributed by atoms with Gasteiger partial charge in [0.1, 0.15) is 12.2 Å². The summed E-state index contributed by atoms with van der Waals surface area (Å²) in [5.41, 5.74) is 2.01. The van der Waals surface area contributed by atoms with Crippen LogP contribution in [-0.2, 0) is 57.2 Å². The number of nitrogens with one attached hydrogen (secondary N) is 1. The number of ether oxygens (including phenoxy) is 3. The third kappa shape index (κ3) is 8.34. The first kappa shape index (κ1) is 24.7. The quantitative estimate of drug-likeness (QED) is 0.235. The van der Waals surface area contributed by atoms with Crippen LogP contribution in [0.2, 0.25) is 0 Å². The maximum absolute atomic E-state index is 11.7. The third-order valence-electron chi connectivity index (χ3n) is 3.20. The largest absolute Gasteiger partial charge is 0.456 e. The second-order valence-corrected chi connectivity index (χ2v) is 9.09. The molecule has 0 radical (unpaired) electrons. The summed E-state index contributed by atoms with van der Waals surface area (Å²) in [4.78, 5) is 27.8. The standard InChI is InChI=1S/C13H23NO12S2/c1-7(15)14-25-12-11(23-8(2)16)10(26-28(5,19)20)9(24-13(12)21-3)6-22-27(4,17)18/h9-13H,6H2,1-5H3,(H,14,15)/t9-,10-,11+,12-,13+/m1/s1. The van der Waals surface area contributed by atoms with Crippen molar-refractivity contribution in [2.24, 2.45) is 0 Å². The minimum atomic E-state index is -4.12. The van der Waals surface area contributed by atoms with Crippen molar-refractivity contribution in [3.05, 3.63) is 0 Å². The van der Waals surface area contributed by atoms with Crippen LogP contribution >= 0.6 is 0 Å². The average molecular weight is 449 g/mol. The number of esters is 1. The van der Waals surface area contributed by atoms with E-state index in [0.29, 0.717) is 0 Å². The first-order valence-corrected chi connectivity index (χ1v) is 11.4. The molecule has 0 saturated carbocycles. The molecule has 5 atom stereocenters. The van der Waals surface area contributed by atoms with Crippen molar-refractivity contribution in [2.75, 3.05) is 26.2 Å². The minimum absolute atomic E-state index is 0.612. The van der Waals surface area contributed by atoms with E-state index >= 15 is 0 Å². The van der Waals surface area contributed by atoms with Gasteiger partial charge in [-0.15, -0.1) is 0 Å². The summed E-state index contributed by atoms with van der Waals surface area (Å²) in [6.07, 6.45) is -5.52. The lowest BCUT2D eigenvalue weighted by atomic mass is 9.99. The highest BCUT2D eigenvalue weighted by Gasteiger charge is 2.52. The summed E-state index contributed by atoms with van der Waals surface area (Å²) in [6, 6.07) is 0. The van der Waals surface area contributed by atoms with E-state index in [1.165, 1.54) is 7.11 Å². The number of hydroxylamine groups is 1. The van der Waals surface area contributed by atoms with Crippen molar-refractivity contribution in [3.8, 4) is 0 Å². The van der Waals surface area contributed by atoms with Crippen LogP contribution in [-0.4, -0.2) is 85.6 Å². The Balaban J connectivity index is 3.29. The smallest absolute Gasteiger partial charge is 0.303 e. The Labute approximate surface area is 162 Å². The first-order valence-electron chi connectivity index (χ1n) is 7.74. The molecule has 0 aliphatic carbocycles. The van der Waals surface area contributed by atoms with Crippen LogP contribution in [0.3, 0.4) is 0 Å². The lowest BCUT2D eigenvalue weighted by Gasteiger charge is -2.43. The molecule has 0 aromatic heterocycles. The number of rotatable bonds is 9. The van der Waals surface area contributed by atoms with E-state index in [0.717, 1.165) is 26.4 Å². The van der Waals surface area contributed by atoms with Gasteiger partial charge in [-0.25, -0.2) is 5.48 Å². The topological polar surface area (TPSA) is 170 Å². The van der Waals surface area contributed by atoms with Crippen LogP contribution < -0.4 is 5.48 Å². The van der Waals surface area contributed by atoms with Crippen molar-refractivity contribution in [3.63, 3.8) is 0 Å². The summed E-state index contributed by atoms with van der Waals surface area (Å²) in [5.74, 6) is -1.44. The van der Waals surface area contributed by atoms with Crippen molar-refractivity contribution in [2.45, 2.75) is 44.6 Å². The molecular weight excluding hydrogens is 426 g/mol. The molecule has 1 amide bonds. The van der Waals surface area contributed by atoms with Crippen LogP contribution in [0, 0.1) is 0 Å². The summed E-state index contributed by atoms with van der Waals surface area (Å²) in [6.45, 7) is 1.52. The van der Waals surface area contributed by atoms with Gasteiger partial charge in [-0.3, -0.25) is 22.8 Å². The average Bonchev–Trinajstić information content (AvgIpc) is 2.50. The maximum Gasteiger partial charge on any atom is 0.303 e. The molecule has 0 spiro atoms. The number of carbonyl (C=O) groups excluding carboxylic acids is 2. The number of hydrogen-bond donors (Lipinski definition) is 1. The fourth-order valence-corrected chi connectivity index (χ4v) is 3.33. The Hall–Kier alpha value is -1.36. The Morgan fingerprint density at radius 1 is 1.00 bits per heavy atom. The SMILES string of the molecule is CO[C@H]1O[C@H](COS(C)(=O)=O)[C@@H](OS(C)(=O)=O)[C@H](OC(C)=O)[C@H]1ONC(C)=O. The molecule has 1 heterocycles. The predicted molar refractivity (Wildman–Crippen MR) is 90.4 cm³/mol. The predicted octanol–water partition coefficient (Wildman–Crippen LogP) is -1.95. The molecule has 0 bridgehead atoms. The van der Waals surface area contributed by atoms with Gasteiger partial charge >= 0.3 is 5.97 Å². The molecule has 28 heavy (non-hydrogen) atoms. The van der Waals surface area contributed by atoms with E-state index in [-0.39, 0.29) is 0 Å². The van der Waals surface area contributed by atoms with Gasteiger partial charge in [-0.05, 0) is 0 Å². The molecule has 1 fully saturated rings. The number of carbonyl (C=O) groups is 2. The molecule has 1 rings (SSSR count). The second-order valence-electron chi connectivity index (χ2n) is 5.85. The number of methoxy groups -OCH3 is 1. The summed E-state index contributed by atoms with van der Waals surface area (Å²) in [7, 11) is -6.83. The molecule has 0 aromatic rings. The van der Waals surface area contributed by atoms with Crippen LogP contribution in [0.15, 0.2) is 0 Å². The molecule has 0 unspecified atom stereocenters. The van der Waals surface area contributed by atoms with Crippen LogP contribution in [0.25, 0.3) is 0 Å². The first-order chi connectivity index (χ1) is 12.7. The highest BCUT2D eigenvalue weighted by molar-refractivity contribution is 7.86. The normalized spacial score (nSPS) is 28.5. The van der Waals surface area contributed by atoms with Crippen LogP contribution in [0.5, 0.6) is 0 Å². The summed E-state index contributed by atoms with van der Waals surface area (Å²) < 4.78 is 71.2. The van der Waals surface area contributed by atoms with Crippen molar-refractivity contribution >= 4 is 32.1 Å². The van der Waals surface area contributed by atoms with Gasteiger partial charge in [-0.2, -0.15) is 16.8 Å². The zero-order valence-electron chi connectivity index (χ0n) is 15.8. The maximum atomic E-state index is 11.7. The Morgan fingerprint density at radius 2 is 1.61 bits per heavy atom. The Morgan fingerprint density at radius 3 is 2.04 bits per heavy atom. The van der Waals surface area contributed by atoms with Gasteiger partial charge in [0, 0.05) is 21.0 Å². The van der Waals surface area contributed by atoms with Gasteiger partial charge in [0.05, 0.1) is 19.1 Å². The summed E-state index contributed by atoms with van der Waals surface area (Å²) >= 11 is 0. The van der Waals surface area contributed by atoms with Crippen molar-refractivity contribution < 1.29 is 53.8 Å². The van der Waals surface area contributed by atoms with Crippen molar-refractivity contribution in [1.82, 2.24) is 5.48 Å². The molecule has 1 N–H and O–H groups in total. The minimum Gasteiger partial charge on any atom is -0.456 e. The zero-order valence-corrected chi connectivity index (χ0v) is 17.4. The van der Waals surface area contributed by atoms with E-state index in [1.54, 1.807) is 0 Å².